The van der Waals surface area contributed by atoms with Gasteiger partial charge in [0.25, 0.3) is 0 Å². The second-order valence-electron chi connectivity index (χ2n) is 4.99. The van der Waals surface area contributed by atoms with Crippen molar-refractivity contribution < 1.29 is 8.42 Å². The Morgan fingerprint density at radius 2 is 1.95 bits per heavy atom. The van der Waals surface area contributed by atoms with E-state index < -0.39 is 9.84 Å². The zero-order chi connectivity index (χ0) is 15.5. The number of thiophene rings is 1. The zero-order valence-corrected chi connectivity index (χ0v) is 13.8. The Labute approximate surface area is 129 Å². The second kappa shape index (κ2) is 6.70. The minimum atomic E-state index is -3.21. The maximum atomic E-state index is 11.6. The van der Waals surface area contributed by atoms with E-state index in [-0.39, 0.29) is 6.04 Å². The zero-order valence-electron chi connectivity index (χ0n) is 12.2. The molecule has 21 heavy (non-hydrogen) atoms. The Hall–Kier alpha value is -1.21. The number of benzene rings is 1. The van der Waals surface area contributed by atoms with Crippen LogP contribution in [0.3, 0.4) is 0 Å². The maximum Gasteiger partial charge on any atom is 0.175 e. The molecule has 2 aromatic rings. The Morgan fingerprint density at radius 1 is 1.24 bits per heavy atom. The summed E-state index contributed by atoms with van der Waals surface area (Å²) in [5.74, 6) is 5.66. The third-order valence-corrected chi connectivity index (χ3v) is 5.72. The predicted octanol–water partition coefficient (Wildman–Crippen LogP) is 2.46. The van der Waals surface area contributed by atoms with E-state index in [2.05, 4.69) is 24.5 Å². The van der Waals surface area contributed by atoms with Crippen LogP contribution in [0.25, 0.3) is 0 Å². The molecule has 3 N–H and O–H groups in total. The van der Waals surface area contributed by atoms with E-state index in [0.29, 0.717) is 4.90 Å². The Kier molecular flexibility index (Phi) is 5.16. The van der Waals surface area contributed by atoms with Crippen LogP contribution in [-0.4, -0.2) is 14.7 Å². The second-order valence-corrected chi connectivity index (χ2v) is 8.26. The molecule has 0 amide bonds. The van der Waals surface area contributed by atoms with Crippen molar-refractivity contribution >= 4 is 21.2 Å². The molecule has 1 unspecified atom stereocenters. The predicted molar refractivity (Wildman–Crippen MR) is 87.0 cm³/mol. The van der Waals surface area contributed by atoms with E-state index in [1.807, 2.05) is 6.07 Å². The van der Waals surface area contributed by atoms with Crippen LogP contribution in [-0.2, 0) is 22.7 Å². The molecule has 0 aliphatic carbocycles. The van der Waals surface area contributed by atoms with Crippen LogP contribution in [0.1, 0.15) is 28.3 Å². The standard InChI is InChI=1S/C15H20N2O2S2/c1-3-12-7-8-13(20-12)10-15(17-16)11-5-4-6-14(9-11)21(2,18)19/h4-9,15,17H,3,10,16H2,1-2H3. The first-order valence-corrected chi connectivity index (χ1v) is 9.48. The fourth-order valence-corrected chi connectivity index (χ4v) is 3.84. The van der Waals surface area contributed by atoms with Crippen molar-refractivity contribution in [2.45, 2.75) is 30.7 Å². The minimum absolute atomic E-state index is 0.102. The highest BCUT2D eigenvalue weighted by Crippen LogP contribution is 2.25. The van der Waals surface area contributed by atoms with Gasteiger partial charge in [-0.05, 0) is 36.2 Å². The lowest BCUT2D eigenvalue weighted by atomic mass is 10.0. The highest BCUT2D eigenvalue weighted by atomic mass is 32.2. The maximum absolute atomic E-state index is 11.6. The summed E-state index contributed by atoms with van der Waals surface area (Å²) >= 11 is 1.77. The number of nitrogens with one attached hydrogen (secondary N) is 1. The van der Waals surface area contributed by atoms with Crippen molar-refractivity contribution in [2.75, 3.05) is 6.26 Å². The van der Waals surface area contributed by atoms with Gasteiger partial charge >= 0.3 is 0 Å². The molecule has 114 valence electrons. The number of nitrogens with two attached hydrogens (primary N) is 1. The molecule has 1 aromatic heterocycles. The van der Waals surface area contributed by atoms with Crippen LogP contribution in [0.15, 0.2) is 41.3 Å². The third kappa shape index (κ3) is 4.14. The van der Waals surface area contributed by atoms with Crippen LogP contribution in [0.5, 0.6) is 0 Å². The monoisotopic (exact) mass is 324 g/mol. The summed E-state index contributed by atoms with van der Waals surface area (Å²) in [6.45, 7) is 2.13. The van der Waals surface area contributed by atoms with Crippen LogP contribution in [0.4, 0.5) is 0 Å². The highest BCUT2D eigenvalue weighted by molar-refractivity contribution is 7.90. The quantitative estimate of drug-likeness (QED) is 0.632. The number of aryl methyl sites for hydroxylation is 1. The van der Waals surface area contributed by atoms with Gasteiger partial charge in [0.05, 0.1) is 10.9 Å². The molecule has 0 aliphatic rings. The van der Waals surface area contributed by atoms with Gasteiger partial charge in [0, 0.05) is 22.4 Å². The Balaban J connectivity index is 2.25. The largest absolute Gasteiger partial charge is 0.271 e. The smallest absolute Gasteiger partial charge is 0.175 e. The molecule has 1 atom stereocenters. The van der Waals surface area contributed by atoms with E-state index in [9.17, 15) is 8.42 Å². The molecule has 0 spiro atoms. The van der Waals surface area contributed by atoms with Gasteiger partial charge in [-0.2, -0.15) is 0 Å². The lowest BCUT2D eigenvalue weighted by Gasteiger charge is -2.16. The molecule has 2 rings (SSSR count). The molecule has 0 radical (unpaired) electrons. The van der Waals surface area contributed by atoms with E-state index in [0.717, 1.165) is 18.4 Å². The number of rotatable bonds is 6. The summed E-state index contributed by atoms with van der Waals surface area (Å²) in [4.78, 5) is 2.89. The normalized spacial score (nSPS) is 13.3. The number of sulfone groups is 1. The number of hydrogen-bond acceptors (Lipinski definition) is 5. The fourth-order valence-electron chi connectivity index (χ4n) is 2.16. The number of hydrazine groups is 1. The van der Waals surface area contributed by atoms with Gasteiger partial charge in [-0.25, -0.2) is 8.42 Å². The highest BCUT2D eigenvalue weighted by Gasteiger charge is 2.15. The van der Waals surface area contributed by atoms with Crippen molar-refractivity contribution in [3.8, 4) is 0 Å². The Morgan fingerprint density at radius 3 is 2.52 bits per heavy atom. The molecule has 0 saturated carbocycles. The number of hydrogen-bond donors (Lipinski definition) is 2. The molecule has 1 heterocycles. The van der Waals surface area contributed by atoms with Crippen LogP contribution < -0.4 is 11.3 Å². The summed E-state index contributed by atoms with van der Waals surface area (Å²) < 4.78 is 23.3. The van der Waals surface area contributed by atoms with Crippen LogP contribution >= 0.6 is 11.3 Å². The molecule has 0 fully saturated rings. The molecule has 6 heteroatoms. The van der Waals surface area contributed by atoms with Crippen LogP contribution in [0.2, 0.25) is 0 Å². The average molecular weight is 324 g/mol. The first kappa shape index (κ1) is 16.2. The van der Waals surface area contributed by atoms with E-state index >= 15 is 0 Å². The van der Waals surface area contributed by atoms with Crippen LogP contribution in [0, 0.1) is 0 Å². The van der Waals surface area contributed by atoms with Crippen molar-refractivity contribution in [1.29, 1.82) is 0 Å². The van der Waals surface area contributed by atoms with Gasteiger partial charge in [-0.3, -0.25) is 11.3 Å². The van der Waals surface area contributed by atoms with Crippen molar-refractivity contribution in [3.63, 3.8) is 0 Å². The fraction of sp³-hybridized carbons (Fsp3) is 0.333. The lowest BCUT2D eigenvalue weighted by molar-refractivity contribution is 0.554. The summed E-state index contributed by atoms with van der Waals surface area (Å²) in [7, 11) is -3.21. The molecule has 0 aliphatic heterocycles. The lowest BCUT2D eigenvalue weighted by Crippen LogP contribution is -2.29. The summed E-state index contributed by atoms with van der Waals surface area (Å²) in [6, 6.07) is 11.1. The third-order valence-electron chi connectivity index (χ3n) is 3.36. The molecule has 0 bridgehead atoms. The van der Waals surface area contributed by atoms with Crippen molar-refractivity contribution in [2.24, 2.45) is 5.84 Å². The van der Waals surface area contributed by atoms with E-state index in [1.165, 1.54) is 16.0 Å². The van der Waals surface area contributed by atoms with E-state index in [1.54, 1.807) is 29.5 Å². The first-order chi connectivity index (χ1) is 9.94. The van der Waals surface area contributed by atoms with Gasteiger partial charge in [-0.15, -0.1) is 11.3 Å². The topological polar surface area (TPSA) is 72.2 Å². The average Bonchev–Trinajstić information content (AvgIpc) is 2.91. The van der Waals surface area contributed by atoms with Gasteiger partial charge in [0.2, 0.25) is 0 Å². The van der Waals surface area contributed by atoms with Crippen molar-refractivity contribution in [3.05, 3.63) is 51.7 Å². The van der Waals surface area contributed by atoms with Gasteiger partial charge in [0.15, 0.2) is 9.84 Å². The molecule has 4 nitrogen and oxygen atoms in total. The summed E-state index contributed by atoms with van der Waals surface area (Å²) in [5, 5.41) is 0. The minimum Gasteiger partial charge on any atom is -0.271 e. The molecular weight excluding hydrogens is 304 g/mol. The first-order valence-electron chi connectivity index (χ1n) is 6.77. The van der Waals surface area contributed by atoms with Gasteiger partial charge in [-0.1, -0.05) is 19.1 Å². The summed E-state index contributed by atoms with van der Waals surface area (Å²) in [5.41, 5.74) is 3.67. The molecule has 0 saturated heterocycles. The van der Waals surface area contributed by atoms with Gasteiger partial charge < -0.3 is 0 Å². The molecule has 1 aromatic carbocycles. The molecular formula is C15H20N2O2S2. The summed E-state index contributed by atoms with van der Waals surface area (Å²) in [6.07, 6.45) is 2.98. The Bertz CT molecular complexity index is 708. The van der Waals surface area contributed by atoms with Gasteiger partial charge in [0.1, 0.15) is 0 Å². The SMILES string of the molecule is CCc1ccc(CC(NN)c2cccc(S(C)(=O)=O)c2)s1. The van der Waals surface area contributed by atoms with E-state index in [4.69, 9.17) is 5.84 Å². The van der Waals surface area contributed by atoms with Crippen molar-refractivity contribution in [1.82, 2.24) is 5.43 Å².